The Bertz CT molecular complexity index is 129. The lowest BCUT2D eigenvalue weighted by molar-refractivity contribution is 0.175. The number of nitrogens with one attached hydrogen (secondary N) is 1. The van der Waals surface area contributed by atoms with E-state index in [1.54, 1.807) is 7.11 Å². The van der Waals surface area contributed by atoms with Crippen molar-refractivity contribution < 1.29 is 4.74 Å². The third-order valence-corrected chi connectivity index (χ3v) is 2.59. The summed E-state index contributed by atoms with van der Waals surface area (Å²) in [6, 6.07) is 1.08. The van der Waals surface area contributed by atoms with Gasteiger partial charge in [-0.05, 0) is 25.7 Å². The summed E-state index contributed by atoms with van der Waals surface area (Å²) < 4.78 is 5.04. The Hall–Kier alpha value is -0.0800. The van der Waals surface area contributed by atoms with Crippen LogP contribution in [-0.4, -0.2) is 25.8 Å². The van der Waals surface area contributed by atoms with Gasteiger partial charge >= 0.3 is 0 Å². The Balaban J connectivity index is 3.71. The van der Waals surface area contributed by atoms with Crippen molar-refractivity contribution in [3.8, 4) is 0 Å². The molecule has 0 saturated carbocycles. The second kappa shape index (κ2) is 5.61. The predicted molar refractivity (Wildman–Crippen MR) is 58.0 cm³/mol. The summed E-state index contributed by atoms with van der Waals surface area (Å²) in [5.41, 5.74) is 0.335. The van der Waals surface area contributed by atoms with Crippen LogP contribution < -0.4 is 5.32 Å². The molecule has 0 aliphatic rings. The maximum Gasteiger partial charge on any atom is 0.0476 e. The molecule has 80 valence electrons. The van der Waals surface area contributed by atoms with Crippen molar-refractivity contribution in [3.63, 3.8) is 0 Å². The highest BCUT2D eigenvalue weighted by molar-refractivity contribution is 4.78. The van der Waals surface area contributed by atoms with Crippen molar-refractivity contribution in [3.05, 3.63) is 0 Å². The normalized spacial score (nSPS) is 17.1. The van der Waals surface area contributed by atoms with Gasteiger partial charge in [0.2, 0.25) is 0 Å². The molecule has 0 radical (unpaired) electrons. The largest absolute Gasteiger partial charge is 0.385 e. The van der Waals surface area contributed by atoms with Gasteiger partial charge in [-0.25, -0.2) is 0 Å². The topological polar surface area (TPSA) is 21.3 Å². The summed E-state index contributed by atoms with van der Waals surface area (Å²) >= 11 is 0. The summed E-state index contributed by atoms with van der Waals surface area (Å²) in [7, 11) is 1.75. The molecule has 0 aromatic carbocycles. The molecular formula is C11H25NO. The van der Waals surface area contributed by atoms with Crippen molar-refractivity contribution in [2.75, 3.05) is 13.7 Å². The molecule has 2 atom stereocenters. The van der Waals surface area contributed by atoms with Crippen LogP contribution in [0.25, 0.3) is 0 Å². The molecule has 0 aromatic heterocycles. The van der Waals surface area contributed by atoms with Crippen molar-refractivity contribution >= 4 is 0 Å². The van der Waals surface area contributed by atoms with Crippen LogP contribution >= 0.6 is 0 Å². The van der Waals surface area contributed by atoms with E-state index in [1.165, 1.54) is 0 Å². The number of rotatable bonds is 5. The number of ether oxygens (including phenoxy) is 1. The SMILES string of the molecule is COCCC(C)NC(C)C(C)(C)C. The fourth-order valence-electron chi connectivity index (χ4n) is 1.05. The molecule has 0 aliphatic heterocycles. The van der Waals surface area contributed by atoms with Gasteiger partial charge in [0.15, 0.2) is 0 Å². The molecule has 2 unspecified atom stereocenters. The molecular weight excluding hydrogens is 162 g/mol. The fraction of sp³-hybridized carbons (Fsp3) is 1.00. The standard InChI is InChI=1S/C11H25NO/c1-9(7-8-13-6)12-10(2)11(3,4)5/h9-10,12H,7-8H2,1-6H3. The lowest BCUT2D eigenvalue weighted by Gasteiger charge is -2.31. The smallest absolute Gasteiger partial charge is 0.0476 e. The minimum Gasteiger partial charge on any atom is -0.385 e. The van der Waals surface area contributed by atoms with E-state index in [4.69, 9.17) is 4.74 Å². The van der Waals surface area contributed by atoms with Crippen molar-refractivity contribution in [2.24, 2.45) is 5.41 Å². The van der Waals surface area contributed by atoms with Gasteiger partial charge in [0, 0.05) is 25.8 Å². The molecule has 0 spiro atoms. The van der Waals surface area contributed by atoms with Crippen LogP contribution in [0.5, 0.6) is 0 Å². The number of methoxy groups -OCH3 is 1. The molecule has 0 saturated heterocycles. The summed E-state index contributed by atoms with van der Waals surface area (Å²) in [6.45, 7) is 12.1. The Labute approximate surface area is 83.1 Å². The monoisotopic (exact) mass is 187 g/mol. The summed E-state index contributed by atoms with van der Waals surface area (Å²) in [5.74, 6) is 0. The number of hydrogen-bond donors (Lipinski definition) is 1. The maximum atomic E-state index is 5.04. The van der Waals surface area contributed by atoms with Crippen LogP contribution in [0, 0.1) is 5.41 Å². The Kier molecular flexibility index (Phi) is 5.57. The zero-order valence-corrected chi connectivity index (χ0v) is 9.98. The molecule has 0 amide bonds. The summed E-state index contributed by atoms with van der Waals surface area (Å²) in [4.78, 5) is 0. The van der Waals surface area contributed by atoms with Gasteiger partial charge in [0.1, 0.15) is 0 Å². The van der Waals surface area contributed by atoms with E-state index in [1.807, 2.05) is 0 Å². The Morgan fingerprint density at radius 2 is 1.77 bits per heavy atom. The van der Waals surface area contributed by atoms with Crippen LogP contribution in [0.3, 0.4) is 0 Å². The number of hydrogen-bond acceptors (Lipinski definition) is 2. The Morgan fingerprint density at radius 1 is 1.23 bits per heavy atom. The van der Waals surface area contributed by atoms with E-state index in [2.05, 4.69) is 39.9 Å². The second-order valence-corrected chi connectivity index (χ2v) is 4.94. The zero-order chi connectivity index (χ0) is 10.5. The van der Waals surface area contributed by atoms with Gasteiger partial charge in [-0.15, -0.1) is 0 Å². The van der Waals surface area contributed by atoms with E-state index in [0.29, 0.717) is 17.5 Å². The molecule has 2 heteroatoms. The first-order chi connectivity index (χ1) is 5.88. The highest BCUT2D eigenvalue weighted by Crippen LogP contribution is 2.19. The quantitative estimate of drug-likeness (QED) is 0.714. The molecule has 1 N–H and O–H groups in total. The fourth-order valence-corrected chi connectivity index (χ4v) is 1.05. The van der Waals surface area contributed by atoms with Gasteiger partial charge in [-0.2, -0.15) is 0 Å². The van der Waals surface area contributed by atoms with Crippen molar-refractivity contribution in [1.82, 2.24) is 5.32 Å². The third kappa shape index (κ3) is 6.05. The average Bonchev–Trinajstić information content (AvgIpc) is 1.99. The average molecular weight is 187 g/mol. The minimum atomic E-state index is 0.335. The van der Waals surface area contributed by atoms with E-state index in [9.17, 15) is 0 Å². The van der Waals surface area contributed by atoms with Crippen molar-refractivity contribution in [1.29, 1.82) is 0 Å². The zero-order valence-electron chi connectivity index (χ0n) is 9.98. The van der Waals surface area contributed by atoms with Crippen LogP contribution in [0.4, 0.5) is 0 Å². The van der Waals surface area contributed by atoms with Gasteiger partial charge < -0.3 is 10.1 Å². The van der Waals surface area contributed by atoms with Gasteiger partial charge in [0.05, 0.1) is 0 Å². The first-order valence-electron chi connectivity index (χ1n) is 5.13. The van der Waals surface area contributed by atoms with E-state index >= 15 is 0 Å². The second-order valence-electron chi connectivity index (χ2n) is 4.94. The van der Waals surface area contributed by atoms with E-state index < -0.39 is 0 Å². The molecule has 0 rings (SSSR count). The van der Waals surface area contributed by atoms with Crippen LogP contribution in [0.2, 0.25) is 0 Å². The molecule has 13 heavy (non-hydrogen) atoms. The minimum absolute atomic E-state index is 0.335. The van der Waals surface area contributed by atoms with E-state index in [-0.39, 0.29) is 0 Å². The molecule has 0 bridgehead atoms. The predicted octanol–water partition coefficient (Wildman–Crippen LogP) is 2.44. The van der Waals surface area contributed by atoms with Crippen molar-refractivity contribution in [2.45, 2.75) is 53.1 Å². The first kappa shape index (κ1) is 12.9. The molecule has 0 heterocycles. The molecule has 2 nitrogen and oxygen atoms in total. The summed E-state index contributed by atoms with van der Waals surface area (Å²) in [5, 5.41) is 3.57. The molecule has 0 aliphatic carbocycles. The van der Waals surface area contributed by atoms with E-state index in [0.717, 1.165) is 13.0 Å². The van der Waals surface area contributed by atoms with Crippen LogP contribution in [0.1, 0.15) is 41.0 Å². The Morgan fingerprint density at radius 3 is 2.15 bits per heavy atom. The van der Waals surface area contributed by atoms with Crippen LogP contribution in [-0.2, 0) is 4.74 Å². The lowest BCUT2D eigenvalue weighted by atomic mass is 9.87. The molecule has 0 fully saturated rings. The van der Waals surface area contributed by atoms with Crippen LogP contribution in [0.15, 0.2) is 0 Å². The van der Waals surface area contributed by atoms with Gasteiger partial charge in [-0.3, -0.25) is 0 Å². The summed E-state index contributed by atoms with van der Waals surface area (Å²) in [6.07, 6.45) is 1.08. The molecule has 0 aromatic rings. The van der Waals surface area contributed by atoms with Gasteiger partial charge in [-0.1, -0.05) is 20.8 Å². The highest BCUT2D eigenvalue weighted by Gasteiger charge is 2.20. The lowest BCUT2D eigenvalue weighted by Crippen LogP contribution is -2.43. The maximum absolute atomic E-state index is 5.04. The third-order valence-electron chi connectivity index (χ3n) is 2.59. The van der Waals surface area contributed by atoms with Gasteiger partial charge in [0.25, 0.3) is 0 Å². The first-order valence-corrected chi connectivity index (χ1v) is 5.13. The highest BCUT2D eigenvalue weighted by atomic mass is 16.5.